The lowest BCUT2D eigenvalue weighted by Gasteiger charge is -2.28. The molecule has 0 atom stereocenters. The monoisotopic (exact) mass is 211 g/mol. The molecule has 82 valence electrons. The molecule has 1 aromatic carbocycles. The molecule has 15 heavy (non-hydrogen) atoms. The summed E-state index contributed by atoms with van der Waals surface area (Å²) in [5.74, 6) is -2.75. The van der Waals surface area contributed by atoms with Gasteiger partial charge >= 0.3 is 0 Å². The number of nitrogens with one attached hydrogen (secondary N) is 1. The third-order valence-corrected chi connectivity index (χ3v) is 2.91. The first kappa shape index (κ1) is 10.6. The fourth-order valence-corrected chi connectivity index (χ4v) is 1.67. The largest absolute Gasteiger partial charge is 0.308 e. The van der Waals surface area contributed by atoms with Crippen LogP contribution in [0.4, 0.5) is 8.78 Å². The van der Waals surface area contributed by atoms with Crippen molar-refractivity contribution in [2.45, 2.75) is 31.2 Å². The average molecular weight is 211 g/mol. The summed E-state index contributed by atoms with van der Waals surface area (Å²) in [5.41, 5.74) is 0.0943. The third kappa shape index (κ3) is 2.53. The van der Waals surface area contributed by atoms with Crippen LogP contribution in [0.2, 0.25) is 0 Å². The number of alkyl halides is 2. The highest BCUT2D eigenvalue weighted by Gasteiger charge is 2.32. The molecule has 1 aliphatic carbocycles. The summed E-state index contributed by atoms with van der Waals surface area (Å²) in [7, 11) is 0. The van der Waals surface area contributed by atoms with Gasteiger partial charge in [-0.25, -0.2) is 0 Å². The van der Waals surface area contributed by atoms with Gasteiger partial charge < -0.3 is 5.32 Å². The quantitative estimate of drug-likeness (QED) is 0.807. The van der Waals surface area contributed by atoms with Gasteiger partial charge in [-0.3, -0.25) is 0 Å². The fraction of sp³-hybridized carbons (Fsp3) is 0.500. The second-order valence-corrected chi connectivity index (χ2v) is 4.08. The number of hydrogen-bond donors (Lipinski definition) is 1. The van der Waals surface area contributed by atoms with Gasteiger partial charge in [-0.15, -0.1) is 0 Å². The third-order valence-electron chi connectivity index (χ3n) is 2.91. The van der Waals surface area contributed by atoms with Gasteiger partial charge in [0.1, 0.15) is 0 Å². The highest BCUT2D eigenvalue weighted by molar-refractivity contribution is 5.20. The van der Waals surface area contributed by atoms with Crippen molar-refractivity contribution in [3.05, 3.63) is 35.9 Å². The Morgan fingerprint density at radius 2 is 1.87 bits per heavy atom. The maximum Gasteiger partial charge on any atom is 0.285 e. The van der Waals surface area contributed by atoms with Crippen molar-refractivity contribution in [2.75, 3.05) is 6.54 Å². The first-order valence-corrected chi connectivity index (χ1v) is 5.35. The zero-order valence-corrected chi connectivity index (χ0v) is 8.55. The second kappa shape index (κ2) is 4.27. The van der Waals surface area contributed by atoms with Gasteiger partial charge in [0.25, 0.3) is 5.92 Å². The molecule has 0 heterocycles. The van der Waals surface area contributed by atoms with Gasteiger partial charge in [0.2, 0.25) is 0 Å². The van der Waals surface area contributed by atoms with Crippen LogP contribution < -0.4 is 5.32 Å². The normalized spacial score (nSPS) is 17.5. The van der Waals surface area contributed by atoms with Crippen molar-refractivity contribution in [3.63, 3.8) is 0 Å². The number of benzene rings is 1. The summed E-state index contributed by atoms with van der Waals surface area (Å²) in [6.45, 7) is -0.248. The van der Waals surface area contributed by atoms with E-state index in [1.165, 1.54) is 12.1 Å². The molecule has 1 saturated carbocycles. The van der Waals surface area contributed by atoms with Crippen LogP contribution >= 0.6 is 0 Å². The predicted octanol–water partition coefficient (Wildman–Crippen LogP) is 2.92. The molecule has 2 rings (SSSR count). The maximum atomic E-state index is 13.6. The van der Waals surface area contributed by atoms with E-state index >= 15 is 0 Å². The molecule has 0 aliphatic heterocycles. The predicted molar refractivity (Wildman–Crippen MR) is 56.0 cm³/mol. The molecule has 1 nitrogen and oxygen atoms in total. The lowest BCUT2D eigenvalue weighted by molar-refractivity contribution is -0.00816. The molecule has 0 spiro atoms. The van der Waals surface area contributed by atoms with E-state index in [0.29, 0.717) is 6.04 Å². The molecule has 3 heteroatoms. The van der Waals surface area contributed by atoms with Crippen molar-refractivity contribution in [1.29, 1.82) is 0 Å². The minimum Gasteiger partial charge on any atom is -0.308 e. The minimum atomic E-state index is -2.75. The SMILES string of the molecule is FC(F)(CNC1CCC1)c1ccccc1. The van der Waals surface area contributed by atoms with E-state index in [9.17, 15) is 8.78 Å². The molecule has 1 aromatic rings. The summed E-state index contributed by atoms with van der Waals surface area (Å²) in [6.07, 6.45) is 3.23. The molecule has 1 aliphatic rings. The van der Waals surface area contributed by atoms with Crippen molar-refractivity contribution in [3.8, 4) is 0 Å². The molecule has 1 N–H and O–H groups in total. The fourth-order valence-electron chi connectivity index (χ4n) is 1.67. The highest BCUT2D eigenvalue weighted by Crippen LogP contribution is 2.28. The van der Waals surface area contributed by atoms with Crippen molar-refractivity contribution in [2.24, 2.45) is 0 Å². The van der Waals surface area contributed by atoms with Gasteiger partial charge in [-0.05, 0) is 12.8 Å². The van der Waals surface area contributed by atoms with Crippen LogP contribution in [0.3, 0.4) is 0 Å². The molecule has 0 unspecified atom stereocenters. The number of hydrogen-bond acceptors (Lipinski definition) is 1. The van der Waals surface area contributed by atoms with Crippen LogP contribution in [-0.4, -0.2) is 12.6 Å². The van der Waals surface area contributed by atoms with E-state index in [4.69, 9.17) is 0 Å². The Morgan fingerprint density at radius 1 is 1.20 bits per heavy atom. The molecule has 1 fully saturated rings. The molecule has 0 aromatic heterocycles. The van der Waals surface area contributed by atoms with E-state index in [1.807, 2.05) is 0 Å². The van der Waals surface area contributed by atoms with Crippen molar-refractivity contribution in [1.82, 2.24) is 5.32 Å². The van der Waals surface area contributed by atoms with Crippen LogP contribution in [0.25, 0.3) is 0 Å². The van der Waals surface area contributed by atoms with Gasteiger partial charge in [-0.1, -0.05) is 36.8 Å². The first-order chi connectivity index (χ1) is 7.18. The molecule has 0 radical (unpaired) electrons. The number of rotatable bonds is 4. The molecular weight excluding hydrogens is 196 g/mol. The molecule has 0 amide bonds. The first-order valence-electron chi connectivity index (χ1n) is 5.35. The van der Waals surface area contributed by atoms with Gasteiger partial charge in [0.15, 0.2) is 0 Å². The lowest BCUT2D eigenvalue weighted by Crippen LogP contribution is -2.41. The maximum absolute atomic E-state index is 13.6. The lowest BCUT2D eigenvalue weighted by atomic mass is 9.93. The summed E-state index contributed by atoms with van der Waals surface area (Å²) in [4.78, 5) is 0. The zero-order valence-electron chi connectivity index (χ0n) is 8.55. The van der Waals surface area contributed by atoms with Crippen LogP contribution in [0.5, 0.6) is 0 Å². The van der Waals surface area contributed by atoms with Gasteiger partial charge in [-0.2, -0.15) is 8.78 Å². The van der Waals surface area contributed by atoms with Crippen LogP contribution in [0.1, 0.15) is 24.8 Å². The second-order valence-electron chi connectivity index (χ2n) is 4.08. The molecular formula is C12H15F2N. The van der Waals surface area contributed by atoms with Crippen molar-refractivity contribution >= 4 is 0 Å². The molecule has 0 saturated heterocycles. The Kier molecular flexibility index (Phi) is 3.00. The van der Waals surface area contributed by atoms with E-state index in [0.717, 1.165) is 19.3 Å². The van der Waals surface area contributed by atoms with Crippen LogP contribution in [0, 0.1) is 0 Å². The summed E-state index contributed by atoms with van der Waals surface area (Å²) in [5, 5.41) is 2.91. The Morgan fingerprint density at radius 3 is 2.40 bits per heavy atom. The topological polar surface area (TPSA) is 12.0 Å². The summed E-state index contributed by atoms with van der Waals surface area (Å²) in [6, 6.07) is 8.29. The Balaban J connectivity index is 1.93. The van der Waals surface area contributed by atoms with E-state index in [2.05, 4.69) is 5.32 Å². The molecule has 0 bridgehead atoms. The summed E-state index contributed by atoms with van der Waals surface area (Å²) < 4.78 is 27.2. The van der Waals surface area contributed by atoms with Crippen LogP contribution in [0.15, 0.2) is 30.3 Å². The Labute approximate surface area is 88.5 Å². The Bertz CT molecular complexity index is 307. The zero-order chi connectivity index (χ0) is 10.7. The standard InChI is InChI=1S/C12H15F2N/c13-12(14,9-15-11-7-4-8-11)10-5-2-1-3-6-10/h1-3,5-6,11,15H,4,7-9H2. The summed E-state index contributed by atoms with van der Waals surface area (Å²) >= 11 is 0. The van der Waals surface area contributed by atoms with Gasteiger partial charge in [0, 0.05) is 11.6 Å². The minimum absolute atomic E-state index is 0.0943. The van der Waals surface area contributed by atoms with Gasteiger partial charge in [0.05, 0.1) is 6.54 Å². The van der Waals surface area contributed by atoms with Crippen molar-refractivity contribution < 1.29 is 8.78 Å². The van der Waals surface area contributed by atoms with E-state index in [-0.39, 0.29) is 12.1 Å². The smallest absolute Gasteiger partial charge is 0.285 e. The highest BCUT2D eigenvalue weighted by atomic mass is 19.3. The Hall–Kier alpha value is -0.960. The van der Waals surface area contributed by atoms with E-state index in [1.54, 1.807) is 18.2 Å². The van der Waals surface area contributed by atoms with Crippen LogP contribution in [-0.2, 0) is 5.92 Å². The number of halogens is 2. The average Bonchev–Trinajstić information content (AvgIpc) is 2.16. The van der Waals surface area contributed by atoms with E-state index < -0.39 is 5.92 Å².